The number of carbonyl (C=O) groups is 3. The molecule has 0 aromatic carbocycles. The lowest BCUT2D eigenvalue weighted by Crippen LogP contribution is -2.44. The van der Waals surface area contributed by atoms with E-state index in [4.69, 9.17) is 9.47 Å². The molecule has 0 unspecified atom stereocenters. The second kappa shape index (κ2) is 35.1. The van der Waals surface area contributed by atoms with Crippen LogP contribution in [-0.4, -0.2) is 104 Å². The van der Waals surface area contributed by atoms with E-state index in [0.717, 1.165) is 50.8 Å². The largest absolute Gasteiger partial charge is 0.464 e. The molecule has 0 heterocycles. The van der Waals surface area contributed by atoms with E-state index in [1.165, 1.54) is 103 Å². The molecule has 8 nitrogen and oxygen atoms in total. The highest BCUT2D eigenvalue weighted by Gasteiger charge is 2.18. The summed E-state index contributed by atoms with van der Waals surface area (Å²) in [6.45, 7) is 7.07. The zero-order valence-corrected chi connectivity index (χ0v) is 33.4. The van der Waals surface area contributed by atoms with Gasteiger partial charge in [0.1, 0.15) is 19.8 Å². The fraction of sp³-hybridized carbons (Fsp3) is 0.925. The van der Waals surface area contributed by atoms with Gasteiger partial charge in [-0.2, -0.15) is 0 Å². The summed E-state index contributed by atoms with van der Waals surface area (Å²) in [6.07, 6.45) is 28.0. The smallest absolute Gasteiger partial charge is 0.305 e. The molecule has 9 heteroatoms. The summed E-state index contributed by atoms with van der Waals surface area (Å²) in [5.41, 5.74) is 0. The molecule has 0 bridgehead atoms. The third-order valence-corrected chi connectivity index (χ3v) is 10.3. The van der Waals surface area contributed by atoms with Crippen LogP contribution in [0.25, 0.3) is 0 Å². The van der Waals surface area contributed by atoms with Crippen LogP contribution in [-0.2, 0) is 23.9 Å². The molecular formula is C40H79N2O6S+. The number of esters is 2. The quantitative estimate of drug-likeness (QED) is 0.0390. The van der Waals surface area contributed by atoms with Gasteiger partial charge in [0.2, 0.25) is 5.91 Å². The average Bonchev–Trinajstić information content (AvgIpc) is 3.07. The van der Waals surface area contributed by atoms with E-state index < -0.39 is 0 Å². The van der Waals surface area contributed by atoms with E-state index >= 15 is 0 Å². The lowest BCUT2D eigenvalue weighted by molar-refractivity contribution is -0.888. The lowest BCUT2D eigenvalue weighted by atomic mass is 10.1. The zero-order chi connectivity index (χ0) is 36.3. The van der Waals surface area contributed by atoms with Gasteiger partial charge in [-0.3, -0.25) is 14.4 Å². The number of likely N-dealkylation sites (N-methyl/N-ethyl adjacent to an activating group) is 1. The molecule has 0 aromatic heterocycles. The first-order valence-corrected chi connectivity index (χ1v) is 21.5. The number of aliphatic hydroxyl groups is 1. The summed E-state index contributed by atoms with van der Waals surface area (Å²) in [7, 11) is 4.14. The van der Waals surface area contributed by atoms with Crippen molar-refractivity contribution in [2.24, 2.45) is 0 Å². The van der Waals surface area contributed by atoms with Gasteiger partial charge in [-0.25, -0.2) is 0 Å². The van der Waals surface area contributed by atoms with Gasteiger partial charge in [-0.1, -0.05) is 142 Å². The van der Waals surface area contributed by atoms with E-state index in [1.54, 1.807) is 16.7 Å². The molecule has 0 aliphatic rings. The Morgan fingerprint density at radius 1 is 0.571 bits per heavy atom. The Morgan fingerprint density at radius 2 is 0.939 bits per heavy atom. The van der Waals surface area contributed by atoms with Gasteiger partial charge in [-0.05, 0) is 12.8 Å². The van der Waals surface area contributed by atoms with Crippen molar-refractivity contribution in [1.29, 1.82) is 0 Å². The molecular weight excluding hydrogens is 637 g/mol. The number of hydrogen-bond donors (Lipinski definition) is 1. The Hall–Kier alpha value is -1.32. The van der Waals surface area contributed by atoms with Crippen LogP contribution in [0.1, 0.15) is 168 Å². The van der Waals surface area contributed by atoms with Gasteiger partial charge >= 0.3 is 11.9 Å². The molecule has 0 radical (unpaired) electrons. The van der Waals surface area contributed by atoms with Crippen LogP contribution in [0.5, 0.6) is 0 Å². The van der Waals surface area contributed by atoms with E-state index in [2.05, 4.69) is 27.9 Å². The number of aliphatic hydroxyl groups excluding tert-OH is 1. The third kappa shape index (κ3) is 33.6. The molecule has 0 aromatic rings. The highest BCUT2D eigenvalue weighted by atomic mass is 32.2. The van der Waals surface area contributed by atoms with Crippen LogP contribution in [0.15, 0.2) is 0 Å². The Balaban J connectivity index is 4.34. The molecule has 1 amide bonds. The second-order valence-corrected chi connectivity index (χ2v) is 15.7. The highest BCUT2D eigenvalue weighted by molar-refractivity contribution is 7.99. The Kier molecular flexibility index (Phi) is 34.2. The van der Waals surface area contributed by atoms with Crippen molar-refractivity contribution >= 4 is 29.6 Å². The summed E-state index contributed by atoms with van der Waals surface area (Å²) in [4.78, 5) is 39.4. The second-order valence-electron chi connectivity index (χ2n) is 14.6. The first-order valence-electron chi connectivity index (χ1n) is 20.3. The summed E-state index contributed by atoms with van der Waals surface area (Å²) >= 11 is 1.57. The normalized spacial score (nSPS) is 11.5. The van der Waals surface area contributed by atoms with Crippen molar-refractivity contribution in [3.05, 3.63) is 0 Å². The Labute approximate surface area is 306 Å². The molecule has 0 rings (SSSR count). The number of rotatable bonds is 37. The van der Waals surface area contributed by atoms with Crippen LogP contribution >= 0.6 is 11.8 Å². The minimum absolute atomic E-state index is 0.0414. The molecule has 0 fully saturated rings. The topological polar surface area (TPSA) is 93.1 Å². The van der Waals surface area contributed by atoms with Gasteiger partial charge in [0.05, 0.1) is 46.1 Å². The van der Waals surface area contributed by atoms with Crippen molar-refractivity contribution in [2.75, 3.05) is 71.6 Å². The fourth-order valence-corrected chi connectivity index (χ4v) is 6.98. The molecule has 0 saturated carbocycles. The highest BCUT2D eigenvalue weighted by Crippen LogP contribution is 2.14. The molecule has 1 N–H and O–H groups in total. The maximum absolute atomic E-state index is 13.1. The van der Waals surface area contributed by atoms with Gasteiger partial charge in [0, 0.05) is 18.6 Å². The van der Waals surface area contributed by atoms with Gasteiger partial charge in [0.25, 0.3) is 0 Å². The van der Waals surface area contributed by atoms with Crippen LogP contribution in [0.2, 0.25) is 0 Å². The van der Waals surface area contributed by atoms with E-state index in [-0.39, 0.29) is 37.7 Å². The van der Waals surface area contributed by atoms with Crippen molar-refractivity contribution in [3.8, 4) is 0 Å². The monoisotopic (exact) mass is 716 g/mol. The molecule has 0 spiro atoms. The maximum atomic E-state index is 13.1. The molecule has 0 aliphatic heterocycles. The average molecular weight is 716 g/mol. The number of hydrogen-bond acceptors (Lipinski definition) is 7. The molecule has 0 aliphatic carbocycles. The zero-order valence-electron chi connectivity index (χ0n) is 32.6. The minimum atomic E-state index is -0.208. The van der Waals surface area contributed by atoms with Crippen LogP contribution < -0.4 is 0 Å². The predicted molar refractivity (Wildman–Crippen MR) is 207 cm³/mol. The van der Waals surface area contributed by atoms with E-state index in [1.807, 2.05) is 0 Å². The standard InChI is InChI=1S/C40H79N2O6S/c1-5-7-9-11-13-15-17-19-21-23-25-27-39(45)47-34-29-41(38(44)37-49-36-32-42(3,4)31-33-43)30-35-48-40(46)28-26-24-22-20-18-16-14-12-10-8-6-2/h43H,5-37H2,1-4H3/q+1. The number of quaternary nitrogens is 1. The fourth-order valence-electron chi connectivity index (χ4n) is 5.86. The number of nitrogens with zero attached hydrogens (tertiary/aromatic N) is 2. The molecule has 290 valence electrons. The number of ether oxygens (including phenoxy) is 2. The SMILES string of the molecule is CCCCCCCCCCCCCC(=O)OCCN(CCOC(=O)CCCCCCCCCCCCC)C(=O)CSCC[N+](C)(C)CCO. The first kappa shape index (κ1) is 47.7. The summed E-state index contributed by atoms with van der Waals surface area (Å²) in [5.74, 6) is 0.660. The van der Waals surface area contributed by atoms with Crippen LogP contribution in [0.3, 0.4) is 0 Å². The van der Waals surface area contributed by atoms with Crippen molar-refractivity contribution in [2.45, 2.75) is 168 Å². The summed E-state index contributed by atoms with van der Waals surface area (Å²) in [6, 6.07) is 0. The van der Waals surface area contributed by atoms with Crippen molar-refractivity contribution in [3.63, 3.8) is 0 Å². The van der Waals surface area contributed by atoms with E-state index in [0.29, 0.717) is 42.7 Å². The summed E-state index contributed by atoms with van der Waals surface area (Å²) < 4.78 is 11.7. The molecule has 0 saturated heterocycles. The number of carbonyl (C=O) groups excluding carboxylic acids is 3. The summed E-state index contributed by atoms with van der Waals surface area (Å²) in [5, 5.41) is 9.26. The maximum Gasteiger partial charge on any atom is 0.305 e. The predicted octanol–water partition coefficient (Wildman–Crippen LogP) is 9.11. The molecule has 49 heavy (non-hydrogen) atoms. The Bertz CT molecular complexity index is 738. The number of unbranched alkanes of at least 4 members (excludes halogenated alkanes) is 20. The van der Waals surface area contributed by atoms with Gasteiger partial charge in [-0.15, -0.1) is 11.8 Å². The van der Waals surface area contributed by atoms with Crippen LogP contribution in [0, 0.1) is 0 Å². The van der Waals surface area contributed by atoms with E-state index in [9.17, 15) is 19.5 Å². The third-order valence-electron chi connectivity index (χ3n) is 9.34. The first-order chi connectivity index (χ1) is 23.8. The Morgan fingerprint density at radius 3 is 1.31 bits per heavy atom. The van der Waals surface area contributed by atoms with Gasteiger partial charge < -0.3 is 24.0 Å². The number of amides is 1. The molecule has 0 atom stereocenters. The van der Waals surface area contributed by atoms with Crippen LogP contribution in [0.4, 0.5) is 0 Å². The van der Waals surface area contributed by atoms with Crippen molar-refractivity contribution in [1.82, 2.24) is 4.90 Å². The van der Waals surface area contributed by atoms with Gasteiger partial charge in [0.15, 0.2) is 0 Å². The minimum Gasteiger partial charge on any atom is -0.464 e. The number of thioether (sulfide) groups is 1. The lowest BCUT2D eigenvalue weighted by Gasteiger charge is -2.28. The van der Waals surface area contributed by atoms with Crippen molar-refractivity contribution < 1.29 is 33.4 Å².